The van der Waals surface area contributed by atoms with Gasteiger partial charge in [-0.05, 0) is 0 Å². The maximum absolute atomic E-state index is 2.54. The molecule has 0 saturated heterocycles. The first-order chi connectivity index (χ1) is 7.79. The molecule has 0 radical (unpaired) electrons. The Balaban J connectivity index is 2.43. The predicted octanol–water partition coefficient (Wildman–Crippen LogP) is 2.13. The first kappa shape index (κ1) is 12.0. The van der Waals surface area contributed by atoms with Crippen LogP contribution in [0.5, 0.6) is 0 Å². The average molecular weight is 330 g/mol. The zero-order chi connectivity index (χ0) is 11.4. The molecule has 0 atom stereocenters. The molecule has 0 fully saturated rings. The summed E-state index contributed by atoms with van der Waals surface area (Å²) in [6.07, 6.45) is 0. The molecule has 0 aliphatic rings. The number of hydrogen-bond acceptors (Lipinski definition) is 0. The molecule has 0 nitrogen and oxygen atoms in total. The molecule has 2 aromatic rings. The fourth-order valence-corrected chi connectivity index (χ4v) is 19.6. The molecule has 0 aromatic heterocycles. The van der Waals surface area contributed by atoms with E-state index in [2.05, 4.69) is 72.2 Å². The molecule has 2 rings (SSSR count). The first-order valence-corrected chi connectivity index (χ1v) is 18.4. The van der Waals surface area contributed by atoms with E-state index in [9.17, 15) is 0 Å². The van der Waals surface area contributed by atoms with Crippen LogP contribution in [0.15, 0.2) is 60.7 Å². The maximum atomic E-state index is 2.54. The van der Waals surface area contributed by atoms with E-state index >= 15 is 0 Å². The molecule has 0 N–H and O–H groups in total. The molecule has 0 heterocycles. The van der Waals surface area contributed by atoms with Crippen LogP contribution in [0.1, 0.15) is 0 Å². The van der Waals surface area contributed by atoms with E-state index in [1.165, 1.54) is 0 Å². The molecule has 0 bridgehead atoms. The molecule has 0 spiro atoms. The van der Waals surface area contributed by atoms with Crippen LogP contribution in [0.25, 0.3) is 0 Å². The Morgan fingerprint density at radius 1 is 0.562 bits per heavy atom. The monoisotopic (exact) mass is 332 g/mol. The molecular formula is C14H16Ge2. The van der Waals surface area contributed by atoms with E-state index in [4.69, 9.17) is 0 Å². The van der Waals surface area contributed by atoms with Crippen molar-refractivity contribution in [2.45, 2.75) is 11.5 Å². The zero-order valence-corrected chi connectivity index (χ0v) is 14.0. The normalized spacial score (nSPS) is 12.1. The molecule has 0 amide bonds. The van der Waals surface area contributed by atoms with Crippen molar-refractivity contribution in [2.24, 2.45) is 0 Å². The van der Waals surface area contributed by atoms with E-state index in [1.807, 2.05) is 0 Å². The summed E-state index contributed by atoms with van der Waals surface area (Å²) in [6, 6.07) is 22.3. The van der Waals surface area contributed by atoms with Crippen molar-refractivity contribution in [2.75, 3.05) is 0 Å². The first-order valence-electron chi connectivity index (χ1n) is 5.57. The van der Waals surface area contributed by atoms with Gasteiger partial charge in [-0.25, -0.2) is 0 Å². The summed E-state index contributed by atoms with van der Waals surface area (Å²) in [4.78, 5) is 0. The molecule has 16 heavy (non-hydrogen) atoms. The van der Waals surface area contributed by atoms with Crippen molar-refractivity contribution in [3.8, 4) is 0 Å². The molecule has 0 unspecified atom stereocenters. The molecule has 80 valence electrons. The standard InChI is InChI=1S/C14H16Ge2/c1-15(13-9-5-3-6-10-13)16(2)14-11-7-4-8-12-14/h3-12H,1-2H3/b16-15-. The Bertz CT molecular complexity index is 439. The summed E-state index contributed by atoms with van der Waals surface area (Å²) in [7, 11) is 0. The summed E-state index contributed by atoms with van der Waals surface area (Å²) in [6.45, 7) is 0. The summed E-state index contributed by atoms with van der Waals surface area (Å²) in [5.74, 6) is 5.08. The fraction of sp³-hybridized carbons (Fsp3) is 0.143. The summed E-state index contributed by atoms with van der Waals surface area (Å²) >= 11 is -2.01. The van der Waals surface area contributed by atoms with Crippen LogP contribution < -0.4 is 8.79 Å². The van der Waals surface area contributed by atoms with Crippen molar-refractivity contribution in [3.05, 3.63) is 60.7 Å². The number of rotatable bonds is 2. The van der Waals surface area contributed by atoms with Gasteiger partial charge in [-0.3, -0.25) is 0 Å². The minimum atomic E-state index is -1.00. The molecule has 0 aliphatic heterocycles. The van der Waals surface area contributed by atoms with Crippen molar-refractivity contribution >= 4 is 32.5 Å². The average Bonchev–Trinajstić information content (AvgIpc) is 2.39. The van der Waals surface area contributed by atoms with Gasteiger partial charge >= 0.3 is 105 Å². The Morgan fingerprint density at radius 3 is 1.19 bits per heavy atom. The van der Waals surface area contributed by atoms with E-state index in [-0.39, 0.29) is 0 Å². The Kier molecular flexibility index (Phi) is 4.30. The number of hydrogen-bond donors (Lipinski definition) is 0. The summed E-state index contributed by atoms with van der Waals surface area (Å²) < 4.78 is 3.31. The van der Waals surface area contributed by atoms with Gasteiger partial charge in [0.05, 0.1) is 0 Å². The third-order valence-electron chi connectivity index (χ3n) is 2.98. The second kappa shape index (κ2) is 5.74. The second-order valence-electron chi connectivity index (χ2n) is 3.98. The van der Waals surface area contributed by atoms with Crippen molar-refractivity contribution < 1.29 is 0 Å². The van der Waals surface area contributed by atoms with Gasteiger partial charge in [-0.1, -0.05) is 0 Å². The van der Waals surface area contributed by atoms with Gasteiger partial charge in [-0.2, -0.15) is 0 Å². The van der Waals surface area contributed by atoms with Crippen molar-refractivity contribution in [1.82, 2.24) is 0 Å². The third-order valence-corrected chi connectivity index (χ3v) is 28.9. The topological polar surface area (TPSA) is 0 Å². The van der Waals surface area contributed by atoms with E-state index in [0.29, 0.717) is 0 Å². The van der Waals surface area contributed by atoms with Crippen LogP contribution in [0, 0.1) is 0 Å². The minimum absolute atomic E-state index is 1.00. The van der Waals surface area contributed by atoms with Gasteiger partial charge in [0.2, 0.25) is 0 Å². The van der Waals surface area contributed by atoms with Crippen LogP contribution in [0.4, 0.5) is 0 Å². The Labute approximate surface area is 104 Å². The van der Waals surface area contributed by atoms with Crippen LogP contribution in [0.2, 0.25) is 11.5 Å². The number of benzene rings is 2. The van der Waals surface area contributed by atoms with Crippen molar-refractivity contribution in [3.63, 3.8) is 0 Å². The zero-order valence-electron chi connectivity index (χ0n) is 9.77. The molecule has 0 saturated carbocycles. The van der Waals surface area contributed by atoms with E-state index < -0.39 is 23.7 Å². The van der Waals surface area contributed by atoms with E-state index in [1.54, 1.807) is 8.79 Å². The van der Waals surface area contributed by atoms with Gasteiger partial charge in [0.1, 0.15) is 0 Å². The molecule has 0 aliphatic carbocycles. The fourth-order valence-electron chi connectivity index (χ4n) is 1.81. The molecular weight excluding hydrogens is 313 g/mol. The molecule has 2 aromatic carbocycles. The van der Waals surface area contributed by atoms with Crippen LogP contribution >= 0.6 is 0 Å². The van der Waals surface area contributed by atoms with Gasteiger partial charge in [0.25, 0.3) is 0 Å². The third kappa shape index (κ3) is 2.80. The van der Waals surface area contributed by atoms with E-state index in [0.717, 1.165) is 0 Å². The molecule has 2 heteroatoms. The summed E-state index contributed by atoms with van der Waals surface area (Å²) in [5.41, 5.74) is 0. The SMILES string of the molecule is [CH3]/[Ge]([c]1ccccc1)=[Ge](\[CH3])[c]1ccccc1. The van der Waals surface area contributed by atoms with Gasteiger partial charge < -0.3 is 0 Å². The van der Waals surface area contributed by atoms with Crippen LogP contribution in [-0.2, 0) is 0 Å². The second-order valence-corrected chi connectivity index (χ2v) is 28.0. The van der Waals surface area contributed by atoms with Crippen LogP contribution in [0.3, 0.4) is 0 Å². The van der Waals surface area contributed by atoms with Gasteiger partial charge in [0.15, 0.2) is 0 Å². The van der Waals surface area contributed by atoms with Crippen LogP contribution in [-0.4, -0.2) is 23.7 Å². The summed E-state index contributed by atoms with van der Waals surface area (Å²) in [5, 5.41) is 0. The predicted molar refractivity (Wildman–Crippen MR) is 75.4 cm³/mol. The van der Waals surface area contributed by atoms with Gasteiger partial charge in [0, 0.05) is 0 Å². The van der Waals surface area contributed by atoms with Gasteiger partial charge in [-0.15, -0.1) is 0 Å². The Morgan fingerprint density at radius 2 is 0.875 bits per heavy atom. The van der Waals surface area contributed by atoms with Crippen molar-refractivity contribution in [1.29, 1.82) is 0 Å². The Hall–Kier alpha value is -0.474. The quantitative estimate of drug-likeness (QED) is 0.741.